The molecule has 0 spiro atoms. The lowest BCUT2D eigenvalue weighted by Gasteiger charge is -2.38. The van der Waals surface area contributed by atoms with Crippen molar-refractivity contribution in [2.75, 3.05) is 18.4 Å². The Morgan fingerprint density at radius 1 is 1.32 bits per heavy atom. The molecule has 1 aliphatic heterocycles. The van der Waals surface area contributed by atoms with E-state index in [1.54, 1.807) is 11.1 Å². The van der Waals surface area contributed by atoms with Crippen molar-refractivity contribution in [2.45, 2.75) is 70.3 Å². The molecule has 140 valence electrons. The summed E-state index contributed by atoms with van der Waals surface area (Å²) in [7, 11) is 0. The molecule has 1 saturated heterocycles. The summed E-state index contributed by atoms with van der Waals surface area (Å²) in [6, 6.07) is 1.42. The van der Waals surface area contributed by atoms with E-state index in [-0.39, 0.29) is 30.3 Å². The van der Waals surface area contributed by atoms with Crippen LogP contribution in [0.2, 0.25) is 0 Å². The number of urea groups is 1. The Kier molecular flexibility index (Phi) is 4.74. The van der Waals surface area contributed by atoms with Crippen LogP contribution in [0.5, 0.6) is 0 Å². The van der Waals surface area contributed by atoms with Gasteiger partial charge in [-0.3, -0.25) is 10.3 Å². The minimum absolute atomic E-state index is 0.00672. The van der Waals surface area contributed by atoms with Crippen LogP contribution in [0.1, 0.15) is 58.6 Å². The summed E-state index contributed by atoms with van der Waals surface area (Å²) >= 11 is 0. The number of hydrogen-bond acceptors (Lipinski definition) is 4. The Labute approximate surface area is 146 Å². The molecule has 0 radical (unpaired) electrons. The summed E-state index contributed by atoms with van der Waals surface area (Å²) in [6.45, 7) is 7.33. The average Bonchev–Trinajstić information content (AvgIpc) is 3.15. The second kappa shape index (κ2) is 6.55. The Hall–Kier alpha value is -1.70. The maximum atomic E-state index is 13.4. The number of carbonyl (C=O) groups is 1. The predicted octanol–water partition coefficient (Wildman–Crippen LogP) is 4.00. The fourth-order valence-corrected chi connectivity index (χ4v) is 3.41. The lowest BCUT2D eigenvalue weighted by Crippen LogP contribution is -2.50. The van der Waals surface area contributed by atoms with Gasteiger partial charge < -0.3 is 4.52 Å². The van der Waals surface area contributed by atoms with Crippen LogP contribution in [-0.4, -0.2) is 46.3 Å². The van der Waals surface area contributed by atoms with Crippen molar-refractivity contribution in [2.24, 2.45) is 0 Å². The smallest absolute Gasteiger partial charge is 0.338 e. The normalized spacial score (nSPS) is 22.4. The van der Waals surface area contributed by atoms with Gasteiger partial charge in [0.15, 0.2) is 0 Å². The quantitative estimate of drug-likeness (QED) is 0.870. The number of nitrogens with one attached hydrogen (secondary N) is 1. The summed E-state index contributed by atoms with van der Waals surface area (Å²) in [5, 5.41) is 10.3. The summed E-state index contributed by atoms with van der Waals surface area (Å²) < 4.78 is 32.0. The average molecular weight is 356 g/mol. The maximum Gasteiger partial charge on any atom is 0.338 e. The highest BCUT2D eigenvalue weighted by Crippen LogP contribution is 2.36. The molecule has 2 heterocycles. The molecular formula is C17H26F2N4O2. The highest BCUT2D eigenvalue weighted by atomic mass is 19.3. The van der Waals surface area contributed by atoms with Crippen molar-refractivity contribution in [3.05, 3.63) is 11.8 Å². The van der Waals surface area contributed by atoms with Crippen molar-refractivity contribution in [3.63, 3.8) is 0 Å². The van der Waals surface area contributed by atoms with Crippen LogP contribution in [0.4, 0.5) is 19.5 Å². The molecule has 25 heavy (non-hydrogen) atoms. The van der Waals surface area contributed by atoms with Gasteiger partial charge >= 0.3 is 6.03 Å². The lowest BCUT2D eigenvalue weighted by molar-refractivity contribution is -0.0742. The number of rotatable bonds is 2. The third-order valence-electron chi connectivity index (χ3n) is 4.92. The van der Waals surface area contributed by atoms with Crippen LogP contribution in [0, 0.1) is 0 Å². The van der Waals surface area contributed by atoms with Crippen LogP contribution in [0.15, 0.2) is 10.6 Å². The fraction of sp³-hybridized carbons (Fsp3) is 0.765. The van der Waals surface area contributed by atoms with Crippen molar-refractivity contribution in [1.82, 2.24) is 15.2 Å². The zero-order chi connectivity index (χ0) is 18.2. The largest absolute Gasteiger partial charge is 0.338 e. The summed E-state index contributed by atoms with van der Waals surface area (Å²) in [4.78, 5) is 12.6. The molecule has 0 atom stereocenters. The Morgan fingerprint density at radius 3 is 2.60 bits per heavy atom. The molecule has 0 bridgehead atoms. The van der Waals surface area contributed by atoms with Gasteiger partial charge in [0.2, 0.25) is 11.8 Å². The number of alkyl halides is 2. The van der Waals surface area contributed by atoms with Gasteiger partial charge in [0, 0.05) is 43.5 Å². The van der Waals surface area contributed by atoms with Crippen LogP contribution >= 0.6 is 0 Å². The van der Waals surface area contributed by atoms with E-state index >= 15 is 0 Å². The number of anilines is 1. The zero-order valence-corrected chi connectivity index (χ0v) is 15.0. The third kappa shape index (κ3) is 4.11. The first-order valence-corrected chi connectivity index (χ1v) is 8.86. The summed E-state index contributed by atoms with van der Waals surface area (Å²) in [5.74, 6) is -2.26. The lowest BCUT2D eigenvalue weighted by atomic mass is 9.92. The Bertz CT molecular complexity index is 616. The molecule has 6 nitrogen and oxygen atoms in total. The highest BCUT2D eigenvalue weighted by molar-refractivity contribution is 5.87. The molecule has 1 N–H and O–H groups in total. The molecule has 2 fully saturated rings. The maximum absolute atomic E-state index is 13.4. The molecule has 1 saturated carbocycles. The molecular weight excluding hydrogens is 330 g/mol. The Balaban J connectivity index is 1.62. The van der Waals surface area contributed by atoms with Gasteiger partial charge in [-0.15, -0.1) is 0 Å². The topological polar surface area (TPSA) is 61.6 Å². The molecule has 2 amide bonds. The van der Waals surface area contributed by atoms with Crippen LogP contribution in [-0.2, 0) is 5.41 Å². The molecule has 1 aromatic rings. The number of hydrogen-bond donors (Lipinski definition) is 1. The monoisotopic (exact) mass is 356 g/mol. The number of halogens is 2. The summed E-state index contributed by atoms with van der Waals surface area (Å²) in [6.07, 6.45) is 1.44. The van der Waals surface area contributed by atoms with Crippen LogP contribution < -0.4 is 5.32 Å². The first kappa shape index (κ1) is 18.1. The Morgan fingerprint density at radius 2 is 2.00 bits per heavy atom. The second-order valence-electron chi connectivity index (χ2n) is 7.98. The van der Waals surface area contributed by atoms with Crippen LogP contribution in [0.3, 0.4) is 0 Å². The number of carbonyl (C=O) groups excluding carboxylic acids is 1. The third-order valence-corrected chi connectivity index (χ3v) is 4.92. The van der Waals surface area contributed by atoms with Gasteiger partial charge in [0.25, 0.3) is 0 Å². The van der Waals surface area contributed by atoms with Crippen molar-refractivity contribution >= 4 is 11.9 Å². The molecule has 1 aromatic heterocycles. The second-order valence-corrected chi connectivity index (χ2v) is 7.98. The van der Waals surface area contributed by atoms with Crippen LogP contribution in [0.25, 0.3) is 0 Å². The van der Waals surface area contributed by atoms with Gasteiger partial charge in [-0.05, 0) is 19.3 Å². The van der Waals surface area contributed by atoms with E-state index in [0.29, 0.717) is 31.8 Å². The van der Waals surface area contributed by atoms with Crippen molar-refractivity contribution < 1.29 is 18.1 Å². The predicted molar refractivity (Wildman–Crippen MR) is 89.5 cm³/mol. The molecule has 3 rings (SSSR count). The van der Waals surface area contributed by atoms with Gasteiger partial charge in [0.1, 0.15) is 0 Å². The molecule has 1 aliphatic carbocycles. The number of hydrazine groups is 1. The van der Waals surface area contributed by atoms with Gasteiger partial charge in [-0.25, -0.2) is 18.6 Å². The highest BCUT2D eigenvalue weighted by Gasteiger charge is 2.40. The number of amides is 2. The summed E-state index contributed by atoms with van der Waals surface area (Å²) in [5.41, 5.74) is 0.593. The first-order valence-electron chi connectivity index (χ1n) is 8.86. The van der Waals surface area contributed by atoms with Crippen molar-refractivity contribution in [1.29, 1.82) is 0 Å². The molecule has 8 heteroatoms. The SMILES string of the molecule is CC(C)(C)c1cc(NC(=O)N2CCCN2C2CCC(F)(F)CC2)on1. The van der Waals surface area contributed by atoms with Gasteiger partial charge in [-0.1, -0.05) is 25.9 Å². The number of aromatic nitrogens is 1. The van der Waals surface area contributed by atoms with Crippen molar-refractivity contribution in [3.8, 4) is 0 Å². The number of nitrogens with zero attached hydrogens (tertiary/aromatic N) is 3. The van der Waals surface area contributed by atoms with E-state index < -0.39 is 5.92 Å². The van der Waals surface area contributed by atoms with E-state index in [1.807, 2.05) is 25.8 Å². The standard InChI is InChI=1S/C17H26F2N4O2/c1-16(2,3)13-11-14(25-21-13)20-15(24)23-10-4-9-22(23)12-5-7-17(18,19)8-6-12/h11-12H,4-10H2,1-3H3,(H,20,24). The van der Waals surface area contributed by atoms with E-state index in [9.17, 15) is 13.6 Å². The zero-order valence-electron chi connectivity index (χ0n) is 15.0. The fourth-order valence-electron chi connectivity index (χ4n) is 3.41. The van der Waals surface area contributed by atoms with Gasteiger partial charge in [-0.2, -0.15) is 0 Å². The van der Waals surface area contributed by atoms with E-state index in [2.05, 4.69) is 10.5 Å². The molecule has 2 aliphatic rings. The minimum atomic E-state index is -2.56. The van der Waals surface area contributed by atoms with E-state index in [4.69, 9.17) is 4.52 Å². The minimum Gasteiger partial charge on any atom is -0.338 e. The van der Waals surface area contributed by atoms with E-state index in [0.717, 1.165) is 12.1 Å². The molecule has 0 unspecified atom stereocenters. The molecule has 0 aromatic carbocycles. The van der Waals surface area contributed by atoms with E-state index in [1.165, 1.54) is 0 Å². The van der Waals surface area contributed by atoms with Gasteiger partial charge in [0.05, 0.1) is 5.69 Å². The first-order chi connectivity index (χ1) is 11.7.